The summed E-state index contributed by atoms with van der Waals surface area (Å²) in [6.07, 6.45) is 0. The van der Waals surface area contributed by atoms with Gasteiger partial charge >= 0.3 is 0 Å². The topological polar surface area (TPSA) is 57.6 Å². The maximum atomic E-state index is 13.3. The van der Waals surface area contributed by atoms with Crippen LogP contribution in [-0.4, -0.2) is 16.8 Å². The Labute approximate surface area is 175 Å². The van der Waals surface area contributed by atoms with Gasteiger partial charge in [0.05, 0.1) is 11.6 Å². The summed E-state index contributed by atoms with van der Waals surface area (Å²) in [6.45, 7) is 0. The minimum absolute atomic E-state index is 0.0345. The molecule has 1 amide bonds. The first kappa shape index (κ1) is 19.1. The molecule has 0 radical (unpaired) electrons. The van der Waals surface area contributed by atoms with E-state index in [1.54, 1.807) is 42.5 Å². The summed E-state index contributed by atoms with van der Waals surface area (Å²) in [5, 5.41) is 10.9. The van der Waals surface area contributed by atoms with E-state index in [9.17, 15) is 19.1 Å². The lowest BCUT2D eigenvalue weighted by Gasteiger charge is -2.25. The largest absolute Gasteiger partial charge is 0.507 e. The summed E-state index contributed by atoms with van der Waals surface area (Å²) in [4.78, 5) is 27.3. The van der Waals surface area contributed by atoms with E-state index in [1.807, 2.05) is 12.1 Å². The number of amides is 1. The lowest BCUT2D eigenvalue weighted by Crippen LogP contribution is -2.29. The van der Waals surface area contributed by atoms with Gasteiger partial charge < -0.3 is 5.11 Å². The zero-order chi connectivity index (χ0) is 20.5. The van der Waals surface area contributed by atoms with E-state index >= 15 is 0 Å². The van der Waals surface area contributed by atoms with Crippen molar-refractivity contribution in [1.29, 1.82) is 0 Å². The number of aliphatic hydroxyl groups is 1. The molecule has 0 saturated carbocycles. The Balaban J connectivity index is 1.94. The van der Waals surface area contributed by atoms with E-state index in [4.69, 9.17) is 0 Å². The summed E-state index contributed by atoms with van der Waals surface area (Å²) >= 11 is 3.39. The van der Waals surface area contributed by atoms with Gasteiger partial charge in [0.2, 0.25) is 0 Å². The van der Waals surface area contributed by atoms with Gasteiger partial charge in [0.25, 0.3) is 11.7 Å². The van der Waals surface area contributed by atoms with Gasteiger partial charge in [-0.25, -0.2) is 4.39 Å². The van der Waals surface area contributed by atoms with E-state index < -0.39 is 23.5 Å². The molecule has 144 valence electrons. The van der Waals surface area contributed by atoms with Crippen molar-refractivity contribution in [1.82, 2.24) is 0 Å². The average molecular weight is 452 g/mol. The molecule has 4 rings (SSSR count). The minimum atomic E-state index is -0.810. The van der Waals surface area contributed by atoms with E-state index in [-0.39, 0.29) is 16.9 Å². The minimum Gasteiger partial charge on any atom is -0.507 e. The van der Waals surface area contributed by atoms with Gasteiger partial charge in [-0.1, -0.05) is 52.3 Å². The van der Waals surface area contributed by atoms with Crippen LogP contribution in [0.4, 0.5) is 10.1 Å². The molecule has 0 aliphatic carbocycles. The summed E-state index contributed by atoms with van der Waals surface area (Å²) in [5.74, 6) is -2.33. The highest BCUT2D eigenvalue weighted by atomic mass is 79.9. The van der Waals surface area contributed by atoms with Gasteiger partial charge in [0.15, 0.2) is 0 Å². The van der Waals surface area contributed by atoms with E-state index in [0.29, 0.717) is 11.3 Å². The van der Waals surface area contributed by atoms with Crippen LogP contribution in [-0.2, 0) is 9.59 Å². The smallest absolute Gasteiger partial charge is 0.300 e. The second-order valence-corrected chi connectivity index (χ2v) is 7.48. The Bertz CT molecular complexity index is 1130. The van der Waals surface area contributed by atoms with Crippen LogP contribution in [0.3, 0.4) is 0 Å². The summed E-state index contributed by atoms with van der Waals surface area (Å²) in [7, 11) is 0. The van der Waals surface area contributed by atoms with Crippen LogP contribution in [0.1, 0.15) is 17.2 Å². The van der Waals surface area contributed by atoms with Crippen LogP contribution in [0.5, 0.6) is 0 Å². The zero-order valence-corrected chi connectivity index (χ0v) is 16.6. The molecule has 1 aliphatic rings. The van der Waals surface area contributed by atoms with Crippen LogP contribution in [0.2, 0.25) is 0 Å². The number of carbonyl (C=O) groups excluding carboxylic acids is 2. The first-order valence-electron chi connectivity index (χ1n) is 8.85. The second-order valence-electron chi connectivity index (χ2n) is 6.57. The summed E-state index contributed by atoms with van der Waals surface area (Å²) in [6, 6.07) is 20.4. The fraction of sp³-hybridized carbons (Fsp3) is 0.0435. The molecule has 1 heterocycles. The van der Waals surface area contributed by atoms with E-state index in [0.717, 1.165) is 4.47 Å². The molecule has 1 saturated heterocycles. The quantitative estimate of drug-likeness (QED) is 0.337. The molecule has 4 nitrogen and oxygen atoms in total. The molecule has 1 unspecified atom stereocenters. The third kappa shape index (κ3) is 3.47. The fourth-order valence-electron chi connectivity index (χ4n) is 3.44. The Morgan fingerprint density at radius 3 is 2.28 bits per heavy atom. The monoisotopic (exact) mass is 451 g/mol. The first-order valence-corrected chi connectivity index (χ1v) is 9.64. The van der Waals surface area contributed by atoms with Crippen molar-refractivity contribution in [3.05, 3.63) is 106 Å². The number of rotatable bonds is 3. The molecule has 1 fully saturated rings. The van der Waals surface area contributed by atoms with Crippen molar-refractivity contribution < 1.29 is 19.1 Å². The Morgan fingerprint density at radius 2 is 1.62 bits per heavy atom. The normalized spacial score (nSPS) is 18.3. The number of hydrogen-bond donors (Lipinski definition) is 1. The molecule has 0 bridgehead atoms. The number of ketones is 1. The van der Waals surface area contributed by atoms with Gasteiger partial charge in [-0.05, 0) is 48.0 Å². The Kier molecular flexibility index (Phi) is 5.03. The molecule has 0 spiro atoms. The lowest BCUT2D eigenvalue weighted by molar-refractivity contribution is -0.132. The van der Waals surface area contributed by atoms with Crippen molar-refractivity contribution in [2.24, 2.45) is 0 Å². The SMILES string of the molecule is O=C1C(=O)N(c2cccc(Br)c2)C(c2ccccc2)/C1=C(\O)c1ccc(F)cc1. The highest BCUT2D eigenvalue weighted by Crippen LogP contribution is 2.42. The van der Waals surface area contributed by atoms with Crippen LogP contribution in [0.15, 0.2) is 88.9 Å². The highest BCUT2D eigenvalue weighted by Gasteiger charge is 2.46. The van der Waals surface area contributed by atoms with Gasteiger partial charge in [-0.15, -0.1) is 0 Å². The fourth-order valence-corrected chi connectivity index (χ4v) is 3.83. The molecule has 0 aromatic heterocycles. The third-order valence-electron chi connectivity index (χ3n) is 4.76. The number of benzene rings is 3. The van der Waals surface area contributed by atoms with Crippen molar-refractivity contribution >= 4 is 39.1 Å². The van der Waals surface area contributed by atoms with Crippen LogP contribution in [0.25, 0.3) is 5.76 Å². The number of aliphatic hydroxyl groups excluding tert-OH is 1. The predicted molar refractivity (Wildman–Crippen MR) is 112 cm³/mol. The van der Waals surface area contributed by atoms with Crippen molar-refractivity contribution in [2.45, 2.75) is 6.04 Å². The standard InChI is InChI=1S/C23H15BrFNO3/c24-16-7-4-8-18(13-16)26-20(14-5-2-1-3-6-14)19(22(28)23(26)29)21(27)15-9-11-17(25)12-10-15/h1-13,20,27H/b21-19+. The molecule has 1 atom stereocenters. The lowest BCUT2D eigenvalue weighted by atomic mass is 9.95. The zero-order valence-electron chi connectivity index (χ0n) is 15.0. The van der Waals surface area contributed by atoms with Crippen LogP contribution >= 0.6 is 15.9 Å². The van der Waals surface area contributed by atoms with Crippen molar-refractivity contribution in [3.63, 3.8) is 0 Å². The number of anilines is 1. The van der Waals surface area contributed by atoms with E-state index in [2.05, 4.69) is 15.9 Å². The number of Topliss-reactive ketones (excluding diaryl/α,β-unsaturated/α-hetero) is 1. The highest BCUT2D eigenvalue weighted by molar-refractivity contribution is 9.10. The van der Waals surface area contributed by atoms with Gasteiger partial charge in [0.1, 0.15) is 11.6 Å². The molecular weight excluding hydrogens is 437 g/mol. The van der Waals surface area contributed by atoms with Gasteiger partial charge in [-0.2, -0.15) is 0 Å². The molecule has 29 heavy (non-hydrogen) atoms. The maximum Gasteiger partial charge on any atom is 0.300 e. The summed E-state index contributed by atoms with van der Waals surface area (Å²) < 4.78 is 14.0. The number of halogens is 2. The van der Waals surface area contributed by atoms with Crippen molar-refractivity contribution in [2.75, 3.05) is 4.90 Å². The molecular formula is C23H15BrFNO3. The molecule has 3 aromatic rings. The molecule has 1 aliphatic heterocycles. The molecule has 6 heteroatoms. The first-order chi connectivity index (χ1) is 14.0. The number of nitrogens with zero attached hydrogens (tertiary/aromatic N) is 1. The van der Waals surface area contributed by atoms with Crippen LogP contribution in [0, 0.1) is 5.82 Å². The van der Waals surface area contributed by atoms with E-state index in [1.165, 1.54) is 29.2 Å². The summed E-state index contributed by atoms with van der Waals surface area (Å²) in [5.41, 5.74) is 1.43. The van der Waals surface area contributed by atoms with Crippen LogP contribution < -0.4 is 4.90 Å². The number of hydrogen-bond acceptors (Lipinski definition) is 3. The Hall–Kier alpha value is -3.25. The second kappa shape index (κ2) is 7.64. The predicted octanol–water partition coefficient (Wildman–Crippen LogP) is 5.21. The third-order valence-corrected chi connectivity index (χ3v) is 5.26. The maximum absolute atomic E-state index is 13.3. The molecule has 3 aromatic carbocycles. The average Bonchev–Trinajstić information content (AvgIpc) is 2.99. The van der Waals surface area contributed by atoms with Crippen molar-refractivity contribution in [3.8, 4) is 0 Å². The number of carbonyl (C=O) groups is 2. The Morgan fingerprint density at radius 1 is 0.931 bits per heavy atom. The van der Waals surface area contributed by atoms with Gasteiger partial charge in [0, 0.05) is 15.7 Å². The van der Waals surface area contributed by atoms with Gasteiger partial charge in [-0.3, -0.25) is 14.5 Å². The molecule has 1 N–H and O–H groups in total.